The first-order chi connectivity index (χ1) is 14.5. The lowest BCUT2D eigenvalue weighted by atomic mass is 9.90. The van der Waals surface area contributed by atoms with E-state index < -0.39 is 0 Å². The highest BCUT2D eigenvalue weighted by Crippen LogP contribution is 2.42. The minimum absolute atomic E-state index is 0. The zero-order chi connectivity index (χ0) is 21.0. The van der Waals surface area contributed by atoms with E-state index in [9.17, 15) is 9.90 Å². The van der Waals surface area contributed by atoms with Crippen molar-refractivity contribution in [2.24, 2.45) is 0 Å². The fraction of sp³-hybridized carbons (Fsp3) is 0.320. The van der Waals surface area contributed by atoms with Crippen LogP contribution in [0.3, 0.4) is 0 Å². The van der Waals surface area contributed by atoms with Crippen LogP contribution < -0.4 is 5.56 Å². The summed E-state index contributed by atoms with van der Waals surface area (Å²) >= 11 is 1.44. The summed E-state index contributed by atoms with van der Waals surface area (Å²) in [7, 11) is 4.33. The zero-order valence-electron chi connectivity index (χ0n) is 17.9. The minimum Gasteiger partial charge on any atom is -0.507 e. The number of pyridine rings is 1. The van der Waals surface area contributed by atoms with Gasteiger partial charge < -0.3 is 15.0 Å². The molecule has 31 heavy (non-hydrogen) atoms. The van der Waals surface area contributed by atoms with E-state index in [2.05, 4.69) is 48.2 Å². The number of nitrogens with zero attached hydrogens (tertiary/aromatic N) is 1. The second-order valence-electron chi connectivity index (χ2n) is 8.65. The molecule has 2 atom stereocenters. The van der Waals surface area contributed by atoms with Gasteiger partial charge in [0.1, 0.15) is 10.4 Å². The van der Waals surface area contributed by atoms with Gasteiger partial charge in [0.25, 0.3) is 5.56 Å². The Labute approximate surface area is 191 Å². The van der Waals surface area contributed by atoms with Crippen LogP contribution >= 0.6 is 23.7 Å². The van der Waals surface area contributed by atoms with Crippen molar-refractivity contribution in [1.82, 2.24) is 9.88 Å². The fourth-order valence-electron chi connectivity index (χ4n) is 5.22. The molecule has 0 aliphatic heterocycles. The van der Waals surface area contributed by atoms with Gasteiger partial charge in [-0.1, -0.05) is 30.7 Å². The summed E-state index contributed by atoms with van der Waals surface area (Å²) in [6.07, 6.45) is 3.73. The number of nitrogens with one attached hydrogen (secondary N) is 1. The zero-order valence-corrected chi connectivity index (χ0v) is 19.6. The molecule has 0 spiro atoms. The number of benzene rings is 2. The minimum atomic E-state index is -0.0708. The monoisotopic (exact) mass is 454 g/mol. The van der Waals surface area contributed by atoms with Crippen LogP contribution in [0.15, 0.2) is 46.6 Å². The van der Waals surface area contributed by atoms with E-state index in [0.29, 0.717) is 16.7 Å². The Balaban J connectivity index is 0.00000231. The number of hydrogen-bond acceptors (Lipinski definition) is 4. The Bertz CT molecular complexity index is 1310. The number of fused-ring (bicyclic) bond motifs is 3. The van der Waals surface area contributed by atoms with E-state index in [1.165, 1.54) is 36.2 Å². The van der Waals surface area contributed by atoms with Gasteiger partial charge in [-0.3, -0.25) is 4.79 Å². The van der Waals surface area contributed by atoms with Crippen LogP contribution in [0.1, 0.15) is 36.3 Å². The molecular weight excluding hydrogens is 428 g/mol. The van der Waals surface area contributed by atoms with Crippen molar-refractivity contribution in [3.8, 4) is 16.9 Å². The van der Waals surface area contributed by atoms with E-state index in [0.717, 1.165) is 33.0 Å². The molecule has 0 amide bonds. The van der Waals surface area contributed by atoms with Crippen molar-refractivity contribution < 1.29 is 5.11 Å². The molecule has 4 nitrogen and oxygen atoms in total. The molecule has 0 unspecified atom stereocenters. The number of hydrogen-bond donors (Lipinski definition) is 2. The first kappa shape index (κ1) is 21.9. The molecular formula is C25H27ClN2O2S. The van der Waals surface area contributed by atoms with Gasteiger partial charge in [-0.05, 0) is 74.0 Å². The standard InChI is InChI=1S/C25H26N2O2S.ClH/c1-14-13-20(28)21(22-18-11-12-30-24(18)25(29)26-23(14)22)16-9-7-15(8-10-16)17-5-4-6-19(17)27(2)3;/h7-13,17,19,28H,4-6H2,1-3H3,(H,26,29);1H/t17-,19-;/m0./s1. The van der Waals surface area contributed by atoms with Crippen LogP contribution in [0, 0.1) is 6.92 Å². The third-order valence-corrected chi connectivity index (χ3v) is 7.57. The summed E-state index contributed by atoms with van der Waals surface area (Å²) in [6.45, 7) is 1.92. The van der Waals surface area contributed by atoms with Crippen LogP contribution in [-0.2, 0) is 0 Å². The van der Waals surface area contributed by atoms with E-state index in [1.54, 1.807) is 6.07 Å². The van der Waals surface area contributed by atoms with E-state index in [-0.39, 0.29) is 23.7 Å². The van der Waals surface area contributed by atoms with Gasteiger partial charge in [-0.2, -0.15) is 0 Å². The molecule has 0 radical (unpaired) electrons. The summed E-state index contributed by atoms with van der Waals surface area (Å²) < 4.78 is 0.699. The van der Waals surface area contributed by atoms with E-state index in [1.807, 2.05) is 18.4 Å². The molecule has 1 saturated carbocycles. The van der Waals surface area contributed by atoms with Gasteiger partial charge in [-0.25, -0.2) is 0 Å². The highest BCUT2D eigenvalue weighted by atomic mass is 35.5. The Morgan fingerprint density at radius 2 is 1.87 bits per heavy atom. The van der Waals surface area contributed by atoms with Crippen LogP contribution in [0.2, 0.25) is 0 Å². The van der Waals surface area contributed by atoms with Crippen LogP contribution in [0.25, 0.3) is 32.1 Å². The maximum atomic E-state index is 12.5. The highest BCUT2D eigenvalue weighted by molar-refractivity contribution is 7.17. The molecule has 2 N–H and O–H groups in total. The first-order valence-electron chi connectivity index (χ1n) is 10.5. The quantitative estimate of drug-likeness (QED) is 0.396. The molecule has 2 aromatic carbocycles. The lowest BCUT2D eigenvalue weighted by Gasteiger charge is -2.26. The lowest BCUT2D eigenvalue weighted by molar-refractivity contribution is 0.276. The molecule has 1 aliphatic carbocycles. The van der Waals surface area contributed by atoms with Gasteiger partial charge >= 0.3 is 0 Å². The average Bonchev–Trinajstić information content (AvgIpc) is 3.39. The second kappa shape index (κ2) is 8.30. The normalized spacial score (nSPS) is 18.7. The van der Waals surface area contributed by atoms with Gasteiger partial charge in [0.15, 0.2) is 0 Å². The van der Waals surface area contributed by atoms with Gasteiger partial charge in [0.2, 0.25) is 0 Å². The highest BCUT2D eigenvalue weighted by Gasteiger charge is 2.30. The molecule has 6 heteroatoms. The Kier molecular flexibility index (Phi) is 5.86. The molecule has 0 bridgehead atoms. The van der Waals surface area contributed by atoms with Crippen molar-refractivity contribution in [2.45, 2.75) is 38.1 Å². The number of aromatic amines is 1. The largest absolute Gasteiger partial charge is 0.507 e. The van der Waals surface area contributed by atoms with Gasteiger partial charge in [0.05, 0.1) is 5.52 Å². The average molecular weight is 455 g/mol. The number of thiophene rings is 1. The second-order valence-corrected chi connectivity index (χ2v) is 9.56. The Morgan fingerprint density at radius 1 is 1.13 bits per heavy atom. The van der Waals surface area contributed by atoms with Crippen LogP contribution in [0.5, 0.6) is 5.75 Å². The molecule has 1 aliphatic rings. The number of phenols is 1. The molecule has 5 rings (SSSR count). The van der Waals surface area contributed by atoms with Crippen molar-refractivity contribution >= 4 is 44.7 Å². The number of aromatic hydroxyl groups is 1. The van der Waals surface area contributed by atoms with Gasteiger partial charge in [-0.15, -0.1) is 23.7 Å². The molecule has 1 fully saturated rings. The third-order valence-electron chi connectivity index (χ3n) is 6.65. The third kappa shape index (κ3) is 3.55. The number of halogens is 1. The topological polar surface area (TPSA) is 56.3 Å². The van der Waals surface area contributed by atoms with Crippen LogP contribution in [0.4, 0.5) is 0 Å². The molecule has 4 aromatic rings. The summed E-state index contributed by atoms with van der Waals surface area (Å²) in [5, 5.41) is 14.7. The first-order valence-corrected chi connectivity index (χ1v) is 11.4. The molecule has 162 valence electrons. The number of phenolic OH excluding ortho intramolecular Hbond substituents is 1. The Hall–Kier alpha value is -2.34. The summed E-state index contributed by atoms with van der Waals surface area (Å²) in [5.74, 6) is 0.802. The fourth-order valence-corrected chi connectivity index (χ4v) is 6.01. The number of likely N-dealkylation sites (N-methyl/N-ethyl adjacent to an activating group) is 1. The number of H-pyrrole nitrogens is 1. The summed E-state index contributed by atoms with van der Waals surface area (Å²) in [4.78, 5) is 17.9. The predicted octanol–water partition coefficient (Wildman–Crippen LogP) is 6.04. The van der Waals surface area contributed by atoms with Crippen molar-refractivity contribution in [2.75, 3.05) is 14.1 Å². The number of rotatable bonds is 3. The van der Waals surface area contributed by atoms with E-state index >= 15 is 0 Å². The predicted molar refractivity (Wildman–Crippen MR) is 133 cm³/mol. The summed E-state index contributed by atoms with van der Waals surface area (Å²) in [5.41, 5.74) is 4.72. The SMILES string of the molecule is Cc1cc(O)c(-c2ccc([C@@H]3CCC[C@@H]3N(C)C)cc2)c2c1[nH]c(=O)c1sccc12.Cl. The smallest absolute Gasteiger partial charge is 0.266 e. The lowest BCUT2D eigenvalue weighted by Crippen LogP contribution is -2.29. The van der Waals surface area contributed by atoms with E-state index in [4.69, 9.17) is 0 Å². The molecule has 0 saturated heterocycles. The van der Waals surface area contributed by atoms with Gasteiger partial charge in [0, 0.05) is 22.4 Å². The maximum Gasteiger partial charge on any atom is 0.266 e. The van der Waals surface area contributed by atoms with Crippen molar-refractivity contribution in [3.63, 3.8) is 0 Å². The molecule has 2 aromatic heterocycles. The van der Waals surface area contributed by atoms with Crippen LogP contribution in [-0.4, -0.2) is 35.1 Å². The van der Waals surface area contributed by atoms with Crippen molar-refractivity contribution in [3.05, 3.63) is 63.3 Å². The summed E-state index contributed by atoms with van der Waals surface area (Å²) in [6, 6.07) is 13.0. The maximum absolute atomic E-state index is 12.5. The number of aromatic nitrogens is 1. The van der Waals surface area contributed by atoms with Crippen molar-refractivity contribution in [1.29, 1.82) is 0 Å². The number of aryl methyl sites for hydroxylation is 1. The molecule has 2 heterocycles. The Morgan fingerprint density at radius 3 is 2.58 bits per heavy atom.